The lowest BCUT2D eigenvalue weighted by Gasteiger charge is -2.29. The van der Waals surface area contributed by atoms with Gasteiger partial charge in [0, 0.05) is 62.8 Å². The fraction of sp³-hybridized carbons (Fsp3) is 0.440. The van der Waals surface area contributed by atoms with Crippen molar-refractivity contribution in [3.8, 4) is 0 Å². The van der Waals surface area contributed by atoms with Crippen LogP contribution in [-0.2, 0) is 4.79 Å². The average Bonchev–Trinajstić information content (AvgIpc) is 3.61. The zero-order chi connectivity index (χ0) is 22.9. The van der Waals surface area contributed by atoms with Gasteiger partial charge in [-0.05, 0) is 49.5 Å². The molecule has 2 N–H and O–H groups in total. The summed E-state index contributed by atoms with van der Waals surface area (Å²) < 4.78 is 15.6. The Labute approximate surface area is 192 Å². The lowest BCUT2D eigenvalue weighted by atomic mass is 9.96. The minimum atomic E-state index is -0.358. The molecule has 2 aromatic rings. The highest BCUT2D eigenvalue weighted by Gasteiger charge is 2.25. The van der Waals surface area contributed by atoms with Crippen molar-refractivity contribution in [2.24, 2.45) is 0 Å². The lowest BCUT2D eigenvalue weighted by Crippen LogP contribution is -2.38. The van der Waals surface area contributed by atoms with Crippen molar-refractivity contribution >= 4 is 28.3 Å². The number of nitrogens with zero attached hydrogens (tertiary/aromatic N) is 3. The smallest absolute Gasteiger partial charge is 0.270 e. The van der Waals surface area contributed by atoms with Crippen LogP contribution in [-0.4, -0.2) is 70.9 Å². The van der Waals surface area contributed by atoms with Crippen molar-refractivity contribution in [3.05, 3.63) is 53.1 Å². The molecule has 3 aliphatic heterocycles. The Hall–Kier alpha value is -3.13. The number of carbonyl (C=O) groups is 2. The SMILES string of the molecule is Cc1cc(C2=CCCN(C(=O)CCN3C=CCN3)C2)c(F)c2[nH]c(C(=O)N3CCCC3)cc12. The molecule has 1 fully saturated rings. The third-order valence-corrected chi connectivity index (χ3v) is 6.80. The largest absolute Gasteiger partial charge is 0.348 e. The van der Waals surface area contributed by atoms with Crippen LogP contribution in [0.2, 0.25) is 0 Å². The summed E-state index contributed by atoms with van der Waals surface area (Å²) in [6.07, 6.45) is 9.11. The molecule has 0 unspecified atom stereocenters. The van der Waals surface area contributed by atoms with Gasteiger partial charge in [0.25, 0.3) is 5.91 Å². The molecular weight excluding hydrogens is 421 g/mol. The predicted octanol–water partition coefficient (Wildman–Crippen LogP) is 3.19. The Morgan fingerprint density at radius 2 is 1.94 bits per heavy atom. The average molecular weight is 452 g/mol. The number of rotatable bonds is 5. The van der Waals surface area contributed by atoms with Crippen molar-refractivity contribution in [3.63, 3.8) is 0 Å². The number of hydrazine groups is 1. The van der Waals surface area contributed by atoms with Crippen molar-refractivity contribution in [1.29, 1.82) is 0 Å². The Bertz CT molecular complexity index is 1150. The number of benzene rings is 1. The summed E-state index contributed by atoms with van der Waals surface area (Å²) in [5.41, 5.74) is 6.20. The number of likely N-dealkylation sites (tertiary alicyclic amines) is 1. The Balaban J connectivity index is 1.35. The number of halogens is 1. The molecule has 1 saturated heterocycles. The Kier molecular flexibility index (Phi) is 5.93. The highest BCUT2D eigenvalue weighted by molar-refractivity contribution is 6.00. The number of nitrogens with one attached hydrogen (secondary N) is 2. The van der Waals surface area contributed by atoms with Crippen molar-refractivity contribution < 1.29 is 14.0 Å². The number of hydrogen-bond acceptors (Lipinski definition) is 4. The van der Waals surface area contributed by atoms with Gasteiger partial charge in [-0.1, -0.05) is 12.2 Å². The number of amides is 2. The highest BCUT2D eigenvalue weighted by atomic mass is 19.1. The molecule has 2 amide bonds. The quantitative estimate of drug-likeness (QED) is 0.733. The molecule has 8 heteroatoms. The maximum Gasteiger partial charge on any atom is 0.270 e. The van der Waals surface area contributed by atoms with E-state index in [0.717, 1.165) is 49.0 Å². The van der Waals surface area contributed by atoms with Crippen LogP contribution in [0.3, 0.4) is 0 Å². The molecule has 4 heterocycles. The molecule has 0 atom stereocenters. The van der Waals surface area contributed by atoms with Gasteiger partial charge in [-0.25, -0.2) is 9.82 Å². The summed E-state index contributed by atoms with van der Waals surface area (Å²) >= 11 is 0. The maximum absolute atomic E-state index is 15.6. The van der Waals surface area contributed by atoms with E-state index in [9.17, 15) is 9.59 Å². The molecule has 174 valence electrons. The van der Waals surface area contributed by atoms with Crippen LogP contribution in [0.15, 0.2) is 30.5 Å². The normalized spacial score (nSPS) is 18.5. The molecule has 7 nitrogen and oxygen atoms in total. The molecule has 1 aromatic heterocycles. The van der Waals surface area contributed by atoms with Crippen LogP contribution in [0.5, 0.6) is 0 Å². The van der Waals surface area contributed by atoms with Crippen LogP contribution in [0.1, 0.15) is 47.3 Å². The van der Waals surface area contributed by atoms with E-state index in [4.69, 9.17) is 0 Å². The summed E-state index contributed by atoms with van der Waals surface area (Å²) in [6.45, 7) is 5.88. The van der Waals surface area contributed by atoms with E-state index in [1.165, 1.54) is 0 Å². The molecule has 0 aliphatic carbocycles. The summed E-state index contributed by atoms with van der Waals surface area (Å²) in [5, 5.41) is 2.65. The number of aromatic amines is 1. The van der Waals surface area contributed by atoms with Gasteiger partial charge in [0.1, 0.15) is 5.69 Å². The van der Waals surface area contributed by atoms with Gasteiger partial charge in [0.05, 0.1) is 5.52 Å². The van der Waals surface area contributed by atoms with Crippen LogP contribution in [0.4, 0.5) is 4.39 Å². The zero-order valence-electron chi connectivity index (χ0n) is 19.0. The summed E-state index contributed by atoms with van der Waals surface area (Å²) in [5.74, 6) is -0.359. The molecule has 0 saturated carbocycles. The van der Waals surface area contributed by atoms with Gasteiger partial charge in [-0.2, -0.15) is 0 Å². The summed E-state index contributed by atoms with van der Waals surface area (Å²) in [7, 11) is 0. The van der Waals surface area contributed by atoms with Crippen LogP contribution in [0.25, 0.3) is 16.5 Å². The topological polar surface area (TPSA) is 71.7 Å². The first-order chi connectivity index (χ1) is 16.0. The third-order valence-electron chi connectivity index (χ3n) is 6.80. The number of H-pyrrole nitrogens is 1. The lowest BCUT2D eigenvalue weighted by molar-refractivity contribution is -0.131. The standard InChI is InChI=1S/C25H30FN5O2/c1-17-14-20(18-6-4-11-30(16-18)22(32)7-13-31-12-5-8-27-31)23(26)24-19(17)15-21(28-24)25(33)29-9-2-3-10-29/h5-6,12,14-15,27-28H,2-4,7-11,13,16H2,1H3. The first-order valence-corrected chi connectivity index (χ1v) is 11.8. The van der Waals surface area contributed by atoms with Crippen LogP contribution >= 0.6 is 0 Å². The molecule has 33 heavy (non-hydrogen) atoms. The van der Waals surface area contributed by atoms with Gasteiger partial charge < -0.3 is 19.8 Å². The zero-order valence-corrected chi connectivity index (χ0v) is 19.0. The number of aryl methyl sites for hydroxylation is 1. The van der Waals surface area contributed by atoms with E-state index in [0.29, 0.717) is 49.2 Å². The maximum atomic E-state index is 15.6. The predicted molar refractivity (Wildman–Crippen MR) is 126 cm³/mol. The monoisotopic (exact) mass is 451 g/mol. The molecule has 0 radical (unpaired) electrons. The van der Waals surface area contributed by atoms with Crippen molar-refractivity contribution in [2.75, 3.05) is 39.3 Å². The van der Waals surface area contributed by atoms with Gasteiger partial charge in [0.2, 0.25) is 5.91 Å². The first kappa shape index (κ1) is 21.7. The van der Waals surface area contributed by atoms with Gasteiger partial charge in [-0.3, -0.25) is 9.59 Å². The van der Waals surface area contributed by atoms with Gasteiger partial charge >= 0.3 is 0 Å². The first-order valence-electron chi connectivity index (χ1n) is 11.8. The number of fused-ring (bicyclic) bond motifs is 1. The Morgan fingerprint density at radius 1 is 1.12 bits per heavy atom. The summed E-state index contributed by atoms with van der Waals surface area (Å²) in [6, 6.07) is 3.61. The van der Waals surface area contributed by atoms with Gasteiger partial charge in [0.15, 0.2) is 5.82 Å². The minimum absolute atomic E-state index is 0.0688. The molecule has 5 rings (SSSR count). The number of hydrogen-bond donors (Lipinski definition) is 2. The van der Waals surface area contributed by atoms with Gasteiger partial charge in [-0.15, -0.1) is 0 Å². The van der Waals surface area contributed by atoms with E-state index in [2.05, 4.69) is 10.4 Å². The Morgan fingerprint density at radius 3 is 2.70 bits per heavy atom. The molecule has 0 bridgehead atoms. The molecule has 3 aliphatic rings. The van der Waals surface area contributed by atoms with Crippen molar-refractivity contribution in [1.82, 2.24) is 25.2 Å². The van der Waals surface area contributed by atoms with E-state index < -0.39 is 0 Å². The van der Waals surface area contributed by atoms with E-state index in [1.54, 1.807) is 6.07 Å². The fourth-order valence-electron chi connectivity index (χ4n) is 4.95. The summed E-state index contributed by atoms with van der Waals surface area (Å²) in [4.78, 5) is 32.3. The molecular formula is C25H30FN5O2. The minimum Gasteiger partial charge on any atom is -0.348 e. The van der Waals surface area contributed by atoms with E-state index >= 15 is 4.39 Å². The molecule has 0 spiro atoms. The van der Waals surface area contributed by atoms with E-state index in [1.807, 2.05) is 46.2 Å². The van der Waals surface area contributed by atoms with Crippen LogP contribution < -0.4 is 5.43 Å². The van der Waals surface area contributed by atoms with E-state index in [-0.39, 0.29) is 17.6 Å². The number of aromatic nitrogens is 1. The fourth-order valence-corrected chi connectivity index (χ4v) is 4.95. The molecule has 1 aromatic carbocycles. The second kappa shape index (κ2) is 9.02. The third kappa shape index (κ3) is 4.27. The second-order valence-electron chi connectivity index (χ2n) is 9.05. The van der Waals surface area contributed by atoms with Crippen LogP contribution in [0, 0.1) is 12.7 Å². The highest BCUT2D eigenvalue weighted by Crippen LogP contribution is 2.32. The van der Waals surface area contributed by atoms with Crippen molar-refractivity contribution in [2.45, 2.75) is 32.6 Å². The second-order valence-corrected chi connectivity index (χ2v) is 9.05. The number of carbonyl (C=O) groups excluding carboxylic acids is 2.